The lowest BCUT2D eigenvalue weighted by molar-refractivity contribution is -0.870. The summed E-state index contributed by atoms with van der Waals surface area (Å²) in [5.41, 5.74) is 0. The fraction of sp³-hybridized carbons (Fsp3) is 0.738. The van der Waals surface area contributed by atoms with Gasteiger partial charge in [-0.2, -0.15) is 0 Å². The van der Waals surface area contributed by atoms with Crippen molar-refractivity contribution in [2.45, 2.75) is 270 Å². The second kappa shape index (κ2) is 55.2. The largest absolute Gasteiger partial charge is 0.472 e. The van der Waals surface area contributed by atoms with E-state index < -0.39 is 20.0 Å². The van der Waals surface area contributed by atoms with Crippen molar-refractivity contribution >= 4 is 13.7 Å². The second-order valence-electron chi connectivity index (χ2n) is 21.7. The predicted molar refractivity (Wildman–Crippen MR) is 322 cm³/mol. The van der Waals surface area contributed by atoms with Gasteiger partial charge in [0, 0.05) is 6.42 Å². The molecular weight excluding hydrogens is 936 g/mol. The molecule has 0 aromatic heterocycles. The number of aliphatic hydroxyl groups excluding tert-OH is 1. The van der Waals surface area contributed by atoms with E-state index in [1.807, 2.05) is 27.2 Å². The van der Waals surface area contributed by atoms with Gasteiger partial charge in [0.25, 0.3) is 0 Å². The Balaban J connectivity index is 4.24. The van der Waals surface area contributed by atoms with Crippen LogP contribution in [0.2, 0.25) is 0 Å². The van der Waals surface area contributed by atoms with Crippen LogP contribution in [0.5, 0.6) is 0 Å². The van der Waals surface area contributed by atoms with Gasteiger partial charge in [-0.3, -0.25) is 13.8 Å². The lowest BCUT2D eigenvalue weighted by Gasteiger charge is -2.25. The molecule has 8 nitrogen and oxygen atoms in total. The van der Waals surface area contributed by atoms with E-state index in [-0.39, 0.29) is 19.1 Å². The number of nitrogens with zero attached hydrogens (tertiary/aromatic N) is 1. The van der Waals surface area contributed by atoms with E-state index in [0.29, 0.717) is 17.4 Å². The quantitative estimate of drug-likeness (QED) is 0.0243. The molecule has 0 aliphatic heterocycles. The summed E-state index contributed by atoms with van der Waals surface area (Å²) >= 11 is 0. The van der Waals surface area contributed by atoms with Crippen LogP contribution in [0, 0.1) is 0 Å². The minimum absolute atomic E-state index is 0.0511. The van der Waals surface area contributed by atoms with Crippen LogP contribution < -0.4 is 5.32 Å². The highest BCUT2D eigenvalue weighted by Gasteiger charge is 2.27. The number of nitrogens with one attached hydrogen (secondary N) is 1. The Morgan fingerprint density at radius 3 is 1.24 bits per heavy atom. The molecule has 0 radical (unpaired) electrons. The van der Waals surface area contributed by atoms with Gasteiger partial charge in [-0.1, -0.05) is 265 Å². The highest BCUT2D eigenvalue weighted by Crippen LogP contribution is 2.43. The highest BCUT2D eigenvalue weighted by atomic mass is 31.2. The summed E-state index contributed by atoms with van der Waals surface area (Å²) in [6.07, 6.45) is 79.5. The summed E-state index contributed by atoms with van der Waals surface area (Å²) in [6.45, 7) is 4.69. The summed E-state index contributed by atoms with van der Waals surface area (Å²) in [6, 6.07) is -0.873. The van der Waals surface area contributed by atoms with E-state index in [1.54, 1.807) is 6.08 Å². The Morgan fingerprint density at radius 2 is 0.824 bits per heavy atom. The normalized spacial score (nSPS) is 14.5. The predicted octanol–water partition coefficient (Wildman–Crippen LogP) is 19.0. The second-order valence-corrected chi connectivity index (χ2v) is 23.1. The van der Waals surface area contributed by atoms with Crippen molar-refractivity contribution in [1.82, 2.24) is 5.32 Å². The van der Waals surface area contributed by atoms with Crippen molar-refractivity contribution < 1.29 is 32.9 Å². The van der Waals surface area contributed by atoms with Crippen LogP contribution in [0.4, 0.5) is 0 Å². The molecule has 3 atom stereocenters. The van der Waals surface area contributed by atoms with Gasteiger partial charge in [0.2, 0.25) is 5.91 Å². The smallest absolute Gasteiger partial charge is 0.387 e. The van der Waals surface area contributed by atoms with Gasteiger partial charge in [-0.05, 0) is 83.5 Å². The number of carbonyl (C=O) groups excluding carboxylic acids is 1. The topological polar surface area (TPSA) is 105 Å². The van der Waals surface area contributed by atoms with Gasteiger partial charge >= 0.3 is 7.82 Å². The molecule has 3 unspecified atom stereocenters. The van der Waals surface area contributed by atoms with Gasteiger partial charge in [0.15, 0.2) is 0 Å². The van der Waals surface area contributed by atoms with Crippen molar-refractivity contribution in [3.05, 3.63) is 97.2 Å². The highest BCUT2D eigenvalue weighted by molar-refractivity contribution is 7.47. The van der Waals surface area contributed by atoms with Crippen LogP contribution in [0.1, 0.15) is 258 Å². The van der Waals surface area contributed by atoms with Crippen molar-refractivity contribution in [3.63, 3.8) is 0 Å². The first-order chi connectivity index (χ1) is 36.0. The van der Waals surface area contributed by atoms with E-state index in [2.05, 4.69) is 104 Å². The number of hydrogen-bond acceptors (Lipinski definition) is 5. The third kappa shape index (κ3) is 57.1. The van der Waals surface area contributed by atoms with Crippen molar-refractivity contribution in [2.24, 2.45) is 0 Å². The Labute approximate surface area is 458 Å². The van der Waals surface area contributed by atoms with Crippen molar-refractivity contribution in [3.8, 4) is 0 Å². The molecular formula is C65H118N2O6P+. The molecule has 9 heteroatoms. The Hall–Kier alpha value is -2.58. The van der Waals surface area contributed by atoms with Crippen LogP contribution in [-0.2, 0) is 18.4 Å². The zero-order valence-corrected chi connectivity index (χ0v) is 49.7. The summed E-state index contributed by atoms with van der Waals surface area (Å²) in [5, 5.41) is 13.9. The molecule has 0 saturated heterocycles. The Morgan fingerprint density at radius 1 is 0.473 bits per heavy atom. The molecule has 0 aliphatic rings. The lowest BCUT2D eigenvalue weighted by Crippen LogP contribution is -2.45. The molecule has 74 heavy (non-hydrogen) atoms. The first-order valence-electron chi connectivity index (χ1n) is 30.6. The van der Waals surface area contributed by atoms with Gasteiger partial charge in [-0.15, -0.1) is 0 Å². The average Bonchev–Trinajstić information content (AvgIpc) is 3.36. The minimum Gasteiger partial charge on any atom is -0.387 e. The lowest BCUT2D eigenvalue weighted by atomic mass is 10.0. The third-order valence-corrected chi connectivity index (χ3v) is 14.3. The number of phosphoric ester groups is 1. The molecule has 0 aromatic carbocycles. The third-order valence-electron chi connectivity index (χ3n) is 13.3. The fourth-order valence-corrected chi connectivity index (χ4v) is 9.27. The number of quaternary nitrogens is 1. The number of likely N-dealkylation sites (N-methyl/N-ethyl adjacent to an activating group) is 1. The van der Waals surface area contributed by atoms with Crippen molar-refractivity contribution in [2.75, 3.05) is 40.9 Å². The van der Waals surface area contributed by atoms with Gasteiger partial charge in [0.05, 0.1) is 39.9 Å². The molecule has 0 fully saturated rings. The minimum atomic E-state index is -4.37. The van der Waals surface area contributed by atoms with Crippen LogP contribution in [0.15, 0.2) is 97.2 Å². The van der Waals surface area contributed by atoms with E-state index in [1.165, 1.54) is 154 Å². The van der Waals surface area contributed by atoms with E-state index >= 15 is 0 Å². The van der Waals surface area contributed by atoms with Crippen LogP contribution >= 0.6 is 7.82 Å². The molecule has 0 aliphatic carbocycles. The number of carbonyl (C=O) groups is 1. The van der Waals surface area contributed by atoms with Gasteiger partial charge in [-0.25, -0.2) is 4.57 Å². The maximum atomic E-state index is 13.0. The molecule has 0 bridgehead atoms. The monoisotopic (exact) mass is 1050 g/mol. The van der Waals surface area contributed by atoms with Gasteiger partial charge in [0.1, 0.15) is 13.2 Å². The SMILES string of the molecule is CC/C=C\C/C=C\C/C=C\C/C=C\C/C=C\C/C=C\CCCCCCCCCCCCC(=O)NC(COP(=O)(O)OCC[N+](C)(C)C)C(O)/C=C/CC/C=C/CCCCCCCCCCCCCCCCCCC. The average molecular weight is 1050 g/mol. The first-order valence-corrected chi connectivity index (χ1v) is 32.1. The number of aliphatic hydroxyl groups is 1. The molecule has 0 spiro atoms. The maximum Gasteiger partial charge on any atom is 0.472 e. The Kier molecular flexibility index (Phi) is 53.3. The van der Waals surface area contributed by atoms with Crippen LogP contribution in [-0.4, -0.2) is 73.4 Å². The number of phosphoric acid groups is 1. The fourth-order valence-electron chi connectivity index (χ4n) is 8.53. The van der Waals surface area contributed by atoms with Crippen molar-refractivity contribution in [1.29, 1.82) is 0 Å². The van der Waals surface area contributed by atoms with Gasteiger partial charge < -0.3 is 19.8 Å². The standard InChI is InChI=1S/C65H117N2O6P/c1-6-8-10-12-14-16-18-20-22-24-26-28-30-31-32-33-34-35-37-39-41-43-45-47-49-51-53-55-57-59-65(69)66-63(62-73-74(70,71)72-61-60-67(3,4)5)64(68)58-56-54-52-50-48-46-44-42-40-38-36-29-27-25-23-21-19-17-15-13-11-9-7-2/h8,10,14,16,20,22,26,28,31-32,34-35,48,50,56,58,63-64,68H,6-7,9,11-13,15,17-19,21,23-25,27,29-30,33,36-47,49,51-55,57,59-62H2,1-5H3,(H-,66,69,70,71)/p+1/b10-8-,16-14-,22-20-,28-26-,32-31-,35-34-,50-48+,58-56+. The molecule has 0 rings (SSSR count). The number of unbranched alkanes of at least 4 members (excludes halogenated alkanes) is 28. The van der Waals surface area contributed by atoms with E-state index in [4.69, 9.17) is 9.05 Å². The summed E-state index contributed by atoms with van der Waals surface area (Å²) in [4.78, 5) is 23.3. The van der Waals surface area contributed by atoms with Crippen LogP contribution in [0.3, 0.4) is 0 Å². The molecule has 0 heterocycles. The number of hydrogen-bond donors (Lipinski definition) is 3. The number of amides is 1. The maximum absolute atomic E-state index is 13.0. The molecule has 1 amide bonds. The first kappa shape index (κ1) is 71.4. The zero-order chi connectivity index (χ0) is 54.2. The molecule has 0 aromatic rings. The number of rotatable bonds is 55. The summed E-state index contributed by atoms with van der Waals surface area (Å²) in [5.74, 6) is -0.193. The van der Waals surface area contributed by atoms with Crippen LogP contribution in [0.25, 0.3) is 0 Å². The Bertz CT molecular complexity index is 1520. The molecule has 428 valence electrons. The summed E-state index contributed by atoms with van der Waals surface area (Å²) < 4.78 is 23.7. The van der Waals surface area contributed by atoms with E-state index in [9.17, 15) is 19.4 Å². The van der Waals surface area contributed by atoms with E-state index in [0.717, 1.165) is 83.5 Å². The molecule has 0 saturated carbocycles. The summed E-state index contributed by atoms with van der Waals surface area (Å²) in [7, 11) is 1.54. The number of allylic oxidation sites excluding steroid dienone is 15. The molecule has 3 N–H and O–H groups in total. The zero-order valence-electron chi connectivity index (χ0n) is 48.8.